The third-order valence-electron chi connectivity index (χ3n) is 4.41. The van der Waals surface area contributed by atoms with Crippen LogP contribution in [-0.2, 0) is 4.44 Å². The Morgan fingerprint density at radius 2 is 1.42 bits per heavy atom. The standard InChI is InChI=1S/C5H6N.3C4H9.Sn/c1-5-3-2-4-6-5;3*1-3-4-2;/h2-4,6H,1H2;3*1,3-4H2,2H3;. The Bertz CT molecular complexity index is 283. The molecule has 0 spiro atoms. The van der Waals surface area contributed by atoms with E-state index in [2.05, 4.69) is 44.1 Å². The molecule has 1 heterocycles. The van der Waals surface area contributed by atoms with Crippen molar-refractivity contribution in [1.29, 1.82) is 0 Å². The summed E-state index contributed by atoms with van der Waals surface area (Å²) < 4.78 is 6.31. The van der Waals surface area contributed by atoms with E-state index in [9.17, 15) is 0 Å². The van der Waals surface area contributed by atoms with E-state index in [0.717, 1.165) is 0 Å². The number of aromatic amines is 1. The molecule has 0 bridgehead atoms. The second-order valence-electron chi connectivity index (χ2n) is 6.18. The Morgan fingerprint density at radius 3 is 1.79 bits per heavy atom. The van der Waals surface area contributed by atoms with Crippen LogP contribution < -0.4 is 0 Å². The molecule has 0 fully saturated rings. The molecule has 0 aliphatic rings. The summed E-state index contributed by atoms with van der Waals surface area (Å²) in [6.45, 7) is 7.06. The van der Waals surface area contributed by atoms with Crippen LogP contribution >= 0.6 is 0 Å². The van der Waals surface area contributed by atoms with Crippen LogP contribution in [0.25, 0.3) is 0 Å². The molecule has 0 aromatic carbocycles. The van der Waals surface area contributed by atoms with Crippen molar-refractivity contribution < 1.29 is 0 Å². The summed E-state index contributed by atoms with van der Waals surface area (Å²) in [5.41, 5.74) is 1.53. The van der Waals surface area contributed by atoms with Gasteiger partial charge in [-0.15, -0.1) is 0 Å². The van der Waals surface area contributed by atoms with Crippen molar-refractivity contribution in [2.24, 2.45) is 0 Å². The maximum absolute atomic E-state index is 3.47. The predicted octanol–water partition coefficient (Wildman–Crippen LogP) is 5.95. The van der Waals surface area contributed by atoms with Crippen molar-refractivity contribution in [2.45, 2.75) is 77.0 Å². The van der Waals surface area contributed by atoms with Gasteiger partial charge >= 0.3 is 124 Å². The minimum absolute atomic E-state index is 1.38. The van der Waals surface area contributed by atoms with Crippen molar-refractivity contribution >= 4 is 18.4 Å². The first-order valence-corrected chi connectivity index (χ1v) is 16.5. The van der Waals surface area contributed by atoms with Gasteiger partial charge in [0.2, 0.25) is 0 Å². The SMILES string of the molecule is CCC[CH2][Sn]([CH2]CCC)([CH2]CCC)[CH2]c1ccc[nH]1. The Labute approximate surface area is 124 Å². The van der Waals surface area contributed by atoms with Gasteiger partial charge in [-0.3, -0.25) is 0 Å². The molecule has 1 aromatic rings. The van der Waals surface area contributed by atoms with Crippen LogP contribution in [0.15, 0.2) is 18.3 Å². The molecule has 19 heavy (non-hydrogen) atoms. The van der Waals surface area contributed by atoms with Crippen LogP contribution in [0.4, 0.5) is 0 Å². The quantitative estimate of drug-likeness (QED) is 0.464. The summed E-state index contributed by atoms with van der Waals surface area (Å²) in [4.78, 5) is 3.47. The van der Waals surface area contributed by atoms with Crippen LogP contribution in [0.3, 0.4) is 0 Å². The number of hydrogen-bond acceptors (Lipinski definition) is 0. The first kappa shape index (κ1) is 17.1. The second kappa shape index (κ2) is 9.90. The molecule has 1 aromatic heterocycles. The van der Waals surface area contributed by atoms with E-state index in [1.807, 2.05) is 0 Å². The predicted molar refractivity (Wildman–Crippen MR) is 89.4 cm³/mol. The van der Waals surface area contributed by atoms with Gasteiger partial charge in [-0.2, -0.15) is 0 Å². The normalized spacial score (nSPS) is 11.9. The Hall–Kier alpha value is 0.0787. The van der Waals surface area contributed by atoms with Gasteiger partial charge < -0.3 is 0 Å². The molecule has 0 atom stereocenters. The molecular weight excluding hydrogens is 337 g/mol. The zero-order valence-electron chi connectivity index (χ0n) is 13.3. The molecule has 0 unspecified atom stereocenters. The van der Waals surface area contributed by atoms with Crippen molar-refractivity contribution in [3.8, 4) is 0 Å². The molecular formula is C17H33NSn. The molecule has 0 aliphatic heterocycles. The summed E-state index contributed by atoms with van der Waals surface area (Å²) in [5, 5.41) is 0. The van der Waals surface area contributed by atoms with E-state index in [1.54, 1.807) is 13.3 Å². The van der Waals surface area contributed by atoms with Gasteiger partial charge in [0.25, 0.3) is 0 Å². The monoisotopic (exact) mass is 371 g/mol. The number of rotatable bonds is 11. The van der Waals surface area contributed by atoms with Crippen LogP contribution in [0.2, 0.25) is 13.3 Å². The third-order valence-corrected chi connectivity index (χ3v) is 19.7. The van der Waals surface area contributed by atoms with Gasteiger partial charge in [-0.05, 0) is 0 Å². The molecule has 1 nitrogen and oxygen atoms in total. The summed E-state index contributed by atoms with van der Waals surface area (Å²) >= 11 is -1.94. The van der Waals surface area contributed by atoms with E-state index >= 15 is 0 Å². The van der Waals surface area contributed by atoms with Crippen LogP contribution in [0.5, 0.6) is 0 Å². The fraction of sp³-hybridized carbons (Fsp3) is 0.765. The minimum atomic E-state index is -1.94. The first-order chi connectivity index (χ1) is 9.26. The first-order valence-electron chi connectivity index (χ1n) is 8.38. The molecule has 110 valence electrons. The average Bonchev–Trinajstić information content (AvgIpc) is 2.93. The number of nitrogens with one attached hydrogen (secondary N) is 1. The van der Waals surface area contributed by atoms with Crippen LogP contribution in [0.1, 0.15) is 65.0 Å². The van der Waals surface area contributed by atoms with Crippen molar-refractivity contribution in [3.63, 3.8) is 0 Å². The molecule has 0 amide bonds. The topological polar surface area (TPSA) is 15.8 Å². The van der Waals surface area contributed by atoms with E-state index in [-0.39, 0.29) is 0 Å². The van der Waals surface area contributed by atoms with Crippen molar-refractivity contribution in [2.75, 3.05) is 0 Å². The number of hydrogen-bond donors (Lipinski definition) is 1. The van der Waals surface area contributed by atoms with E-state index in [1.165, 1.54) is 48.7 Å². The second-order valence-corrected chi connectivity index (χ2v) is 20.0. The number of aromatic nitrogens is 1. The zero-order valence-corrected chi connectivity index (χ0v) is 16.2. The molecule has 1 rings (SSSR count). The van der Waals surface area contributed by atoms with E-state index in [0.29, 0.717) is 0 Å². The van der Waals surface area contributed by atoms with E-state index < -0.39 is 18.4 Å². The van der Waals surface area contributed by atoms with Crippen molar-refractivity contribution in [3.05, 3.63) is 24.0 Å². The third kappa shape index (κ3) is 6.37. The molecule has 0 aliphatic carbocycles. The van der Waals surface area contributed by atoms with Gasteiger partial charge in [0.05, 0.1) is 0 Å². The molecule has 0 saturated carbocycles. The number of H-pyrrole nitrogens is 1. The fourth-order valence-electron chi connectivity index (χ4n) is 3.18. The summed E-state index contributed by atoms with van der Waals surface area (Å²) in [7, 11) is 0. The summed E-state index contributed by atoms with van der Waals surface area (Å²) in [6.07, 6.45) is 10.7. The Kier molecular flexibility index (Phi) is 8.93. The Morgan fingerprint density at radius 1 is 0.895 bits per heavy atom. The molecule has 0 saturated heterocycles. The van der Waals surface area contributed by atoms with Gasteiger partial charge in [0.1, 0.15) is 0 Å². The average molecular weight is 370 g/mol. The Balaban J connectivity index is 2.74. The molecule has 1 N–H and O–H groups in total. The van der Waals surface area contributed by atoms with Gasteiger partial charge in [0.15, 0.2) is 0 Å². The van der Waals surface area contributed by atoms with Crippen LogP contribution in [-0.4, -0.2) is 23.4 Å². The zero-order chi connectivity index (χ0) is 14.0. The van der Waals surface area contributed by atoms with Gasteiger partial charge in [-0.1, -0.05) is 0 Å². The van der Waals surface area contributed by atoms with Gasteiger partial charge in [-0.25, -0.2) is 0 Å². The van der Waals surface area contributed by atoms with E-state index in [4.69, 9.17) is 0 Å². The van der Waals surface area contributed by atoms with Crippen molar-refractivity contribution in [1.82, 2.24) is 4.98 Å². The van der Waals surface area contributed by atoms with Gasteiger partial charge in [0, 0.05) is 0 Å². The summed E-state index contributed by atoms with van der Waals surface area (Å²) in [5.74, 6) is 0. The maximum atomic E-state index is 3.47. The number of unbranched alkanes of at least 4 members (excludes halogenated alkanes) is 3. The summed E-state index contributed by atoms with van der Waals surface area (Å²) in [6, 6.07) is 4.49. The van der Waals surface area contributed by atoms with Crippen LogP contribution in [0, 0.1) is 0 Å². The fourth-order valence-corrected chi connectivity index (χ4v) is 19.2. The molecule has 0 radical (unpaired) electrons. The molecule has 2 heteroatoms.